The number of nitrogens with one attached hydrogen (secondary N) is 2. The lowest BCUT2D eigenvalue weighted by Gasteiger charge is -2.09. The third-order valence-corrected chi connectivity index (χ3v) is 4.04. The van der Waals surface area contributed by atoms with Crippen molar-refractivity contribution in [1.82, 2.24) is 10.6 Å². The van der Waals surface area contributed by atoms with Gasteiger partial charge in [0.1, 0.15) is 0 Å². The summed E-state index contributed by atoms with van der Waals surface area (Å²) in [6.07, 6.45) is 0. The van der Waals surface area contributed by atoms with Crippen molar-refractivity contribution in [1.29, 1.82) is 0 Å². The maximum absolute atomic E-state index is 11.9. The van der Waals surface area contributed by atoms with Gasteiger partial charge < -0.3 is 10.1 Å². The minimum atomic E-state index is -3.99. The maximum atomic E-state index is 11.9. The van der Waals surface area contributed by atoms with Crippen LogP contribution in [0.1, 0.15) is 29.8 Å². The van der Waals surface area contributed by atoms with Crippen LogP contribution < -0.4 is 15.8 Å². The highest BCUT2D eigenvalue weighted by molar-refractivity contribution is 7.89. The van der Waals surface area contributed by atoms with Crippen LogP contribution in [0.15, 0.2) is 23.1 Å². The van der Waals surface area contributed by atoms with Gasteiger partial charge in [-0.05, 0) is 30.5 Å². The second kappa shape index (κ2) is 8.58. The fourth-order valence-electron chi connectivity index (χ4n) is 1.75. The Bertz CT molecular complexity index is 773. The van der Waals surface area contributed by atoms with Gasteiger partial charge in [-0.25, -0.2) is 23.1 Å². The number of carbonyl (C=O) groups excluding carboxylic acids is 3. The van der Waals surface area contributed by atoms with Gasteiger partial charge in [0.25, 0.3) is 5.91 Å². The SMILES string of the molecule is Cc1ccc(C(=O)OCC(=O)NC(=O)NCC(C)C)cc1S(N)(=O)=O. The highest BCUT2D eigenvalue weighted by atomic mass is 32.2. The van der Waals surface area contributed by atoms with Crippen LogP contribution in [-0.2, 0) is 19.6 Å². The zero-order chi connectivity index (χ0) is 19.2. The molecule has 0 fully saturated rings. The van der Waals surface area contributed by atoms with Crippen LogP contribution in [0.25, 0.3) is 0 Å². The first kappa shape index (κ1) is 20.6. The van der Waals surface area contributed by atoms with Gasteiger partial charge in [0.05, 0.1) is 10.5 Å². The maximum Gasteiger partial charge on any atom is 0.338 e. The van der Waals surface area contributed by atoms with E-state index in [9.17, 15) is 22.8 Å². The minimum Gasteiger partial charge on any atom is -0.452 e. The molecule has 138 valence electrons. The van der Waals surface area contributed by atoms with Crippen molar-refractivity contribution >= 4 is 27.9 Å². The van der Waals surface area contributed by atoms with E-state index in [2.05, 4.69) is 5.32 Å². The number of esters is 1. The molecule has 0 spiro atoms. The first-order valence-corrected chi connectivity index (χ1v) is 8.93. The summed E-state index contributed by atoms with van der Waals surface area (Å²) in [5, 5.41) is 9.54. The molecule has 25 heavy (non-hydrogen) atoms. The van der Waals surface area contributed by atoms with Gasteiger partial charge in [-0.15, -0.1) is 0 Å². The fourth-order valence-corrected chi connectivity index (χ4v) is 2.56. The normalized spacial score (nSPS) is 11.1. The Labute approximate surface area is 146 Å². The predicted molar refractivity (Wildman–Crippen MR) is 89.2 cm³/mol. The molecule has 0 bridgehead atoms. The van der Waals surface area contributed by atoms with E-state index < -0.39 is 34.5 Å². The van der Waals surface area contributed by atoms with Crippen molar-refractivity contribution in [3.05, 3.63) is 29.3 Å². The quantitative estimate of drug-likeness (QED) is 0.613. The third-order valence-electron chi connectivity index (χ3n) is 2.99. The molecule has 10 heteroatoms. The van der Waals surface area contributed by atoms with Gasteiger partial charge >= 0.3 is 12.0 Å². The van der Waals surface area contributed by atoms with E-state index in [1.807, 2.05) is 19.2 Å². The Hall–Kier alpha value is -2.46. The van der Waals surface area contributed by atoms with Crippen molar-refractivity contribution in [2.45, 2.75) is 25.7 Å². The van der Waals surface area contributed by atoms with Crippen LogP contribution >= 0.6 is 0 Å². The molecule has 0 heterocycles. The smallest absolute Gasteiger partial charge is 0.338 e. The lowest BCUT2D eigenvalue weighted by Crippen LogP contribution is -2.42. The highest BCUT2D eigenvalue weighted by Crippen LogP contribution is 2.16. The molecular weight excluding hydrogens is 350 g/mol. The first-order valence-electron chi connectivity index (χ1n) is 7.39. The topological polar surface area (TPSA) is 145 Å². The molecule has 0 saturated carbocycles. The average Bonchev–Trinajstić information content (AvgIpc) is 2.50. The standard InChI is InChI=1S/C15H21N3O6S/c1-9(2)7-17-15(21)18-13(19)8-24-14(20)11-5-4-10(3)12(6-11)25(16,22)23/h4-6,9H,7-8H2,1-3H3,(H2,16,22,23)(H2,17,18,19,21). The summed E-state index contributed by atoms with van der Waals surface area (Å²) in [5.41, 5.74) is 0.297. The first-order chi connectivity index (χ1) is 11.5. The van der Waals surface area contributed by atoms with Gasteiger partial charge in [0, 0.05) is 6.54 Å². The van der Waals surface area contributed by atoms with Crippen LogP contribution in [0.5, 0.6) is 0 Å². The number of sulfonamides is 1. The molecule has 1 rings (SSSR count). The Morgan fingerprint density at radius 3 is 2.44 bits per heavy atom. The van der Waals surface area contributed by atoms with E-state index in [1.54, 1.807) is 0 Å². The van der Waals surface area contributed by atoms with Gasteiger partial charge in [-0.3, -0.25) is 10.1 Å². The number of benzene rings is 1. The summed E-state index contributed by atoms with van der Waals surface area (Å²) >= 11 is 0. The highest BCUT2D eigenvalue weighted by Gasteiger charge is 2.17. The molecule has 0 unspecified atom stereocenters. The molecular formula is C15H21N3O6S. The number of imide groups is 1. The summed E-state index contributed by atoms with van der Waals surface area (Å²) < 4.78 is 27.6. The second-order valence-electron chi connectivity index (χ2n) is 5.75. The molecule has 0 aliphatic carbocycles. The minimum absolute atomic E-state index is 0.0771. The van der Waals surface area contributed by atoms with Crippen molar-refractivity contribution in [2.24, 2.45) is 11.1 Å². The van der Waals surface area contributed by atoms with E-state index in [0.717, 1.165) is 6.07 Å². The molecule has 4 N–H and O–H groups in total. The van der Waals surface area contributed by atoms with Gasteiger partial charge in [0.2, 0.25) is 10.0 Å². The predicted octanol–water partition coefficient (Wildman–Crippen LogP) is 0.281. The summed E-state index contributed by atoms with van der Waals surface area (Å²) in [6, 6.07) is 3.12. The van der Waals surface area contributed by atoms with Gasteiger partial charge in [-0.1, -0.05) is 19.9 Å². The van der Waals surface area contributed by atoms with Gasteiger partial charge in [0.15, 0.2) is 6.61 Å². The molecule has 0 saturated heterocycles. The van der Waals surface area contributed by atoms with E-state index in [-0.39, 0.29) is 16.4 Å². The number of urea groups is 1. The molecule has 1 aromatic carbocycles. The zero-order valence-corrected chi connectivity index (χ0v) is 15.0. The lowest BCUT2D eigenvalue weighted by atomic mass is 10.1. The molecule has 3 amide bonds. The number of hydrogen-bond acceptors (Lipinski definition) is 6. The van der Waals surface area contributed by atoms with E-state index in [0.29, 0.717) is 12.1 Å². The van der Waals surface area contributed by atoms with Crippen LogP contribution in [0.4, 0.5) is 4.79 Å². The molecule has 0 atom stereocenters. The molecule has 0 aliphatic heterocycles. The van der Waals surface area contributed by atoms with E-state index >= 15 is 0 Å². The lowest BCUT2D eigenvalue weighted by molar-refractivity contribution is -0.123. The summed E-state index contributed by atoms with van der Waals surface area (Å²) in [6.45, 7) is 5.01. The van der Waals surface area contributed by atoms with E-state index in [4.69, 9.17) is 9.88 Å². The van der Waals surface area contributed by atoms with Crippen molar-refractivity contribution in [3.63, 3.8) is 0 Å². The summed E-state index contributed by atoms with van der Waals surface area (Å²) in [7, 11) is -3.99. The molecule has 0 aromatic heterocycles. The number of hydrogen-bond donors (Lipinski definition) is 3. The molecule has 0 aliphatic rings. The van der Waals surface area contributed by atoms with Crippen LogP contribution in [0, 0.1) is 12.8 Å². The number of nitrogens with two attached hydrogens (primary N) is 1. The molecule has 9 nitrogen and oxygen atoms in total. The van der Waals surface area contributed by atoms with Crippen LogP contribution in [0.2, 0.25) is 0 Å². The van der Waals surface area contributed by atoms with E-state index in [1.165, 1.54) is 19.1 Å². The fraction of sp³-hybridized carbons (Fsp3) is 0.400. The third kappa shape index (κ3) is 6.89. The largest absolute Gasteiger partial charge is 0.452 e. The Balaban J connectivity index is 2.63. The number of ether oxygens (including phenoxy) is 1. The zero-order valence-electron chi connectivity index (χ0n) is 14.2. The Morgan fingerprint density at radius 1 is 1.24 bits per heavy atom. The Kier molecular flexibility index (Phi) is 7.07. The van der Waals surface area contributed by atoms with Crippen molar-refractivity contribution < 1.29 is 27.5 Å². The molecule has 0 radical (unpaired) electrons. The number of carbonyl (C=O) groups is 3. The van der Waals surface area contributed by atoms with Crippen LogP contribution in [0.3, 0.4) is 0 Å². The number of primary sulfonamides is 1. The number of amides is 3. The van der Waals surface area contributed by atoms with Crippen molar-refractivity contribution in [2.75, 3.05) is 13.2 Å². The number of rotatable bonds is 6. The summed E-state index contributed by atoms with van der Waals surface area (Å²) in [4.78, 5) is 34.6. The number of aryl methyl sites for hydroxylation is 1. The molecule has 1 aromatic rings. The van der Waals surface area contributed by atoms with Crippen LogP contribution in [-0.4, -0.2) is 39.5 Å². The average molecular weight is 371 g/mol. The van der Waals surface area contributed by atoms with Crippen molar-refractivity contribution in [3.8, 4) is 0 Å². The van der Waals surface area contributed by atoms with Gasteiger partial charge in [-0.2, -0.15) is 0 Å². The summed E-state index contributed by atoms with van der Waals surface area (Å²) in [5.74, 6) is -1.51. The monoisotopic (exact) mass is 371 g/mol. The Morgan fingerprint density at radius 2 is 1.88 bits per heavy atom. The second-order valence-corrected chi connectivity index (χ2v) is 7.28.